The van der Waals surface area contributed by atoms with E-state index in [1.54, 1.807) is 0 Å². The molecule has 0 saturated carbocycles. The summed E-state index contributed by atoms with van der Waals surface area (Å²) in [7, 11) is 0. The Morgan fingerprint density at radius 3 is 2.34 bits per heavy atom. The summed E-state index contributed by atoms with van der Waals surface area (Å²) >= 11 is 0. The lowest BCUT2D eigenvalue weighted by atomic mass is 10.1. The molecule has 0 spiro atoms. The molecule has 3 heterocycles. The Morgan fingerprint density at radius 1 is 0.895 bits per heavy atom. The SMILES string of the molecule is Cc1cc2c(cc1OCCCCCCCCn1c3ccccc3c3ccccc31)N=C[C@@H]1CCCN1C2=O. The molecule has 1 atom stereocenters. The van der Waals surface area contributed by atoms with Gasteiger partial charge in [-0.25, -0.2) is 0 Å². The van der Waals surface area contributed by atoms with Gasteiger partial charge in [-0.1, -0.05) is 62.1 Å². The molecule has 1 fully saturated rings. The number of unbranched alkanes of at least 4 members (excludes halogenated alkanes) is 5. The maximum absolute atomic E-state index is 13.0. The fourth-order valence-corrected chi connectivity index (χ4v) is 6.14. The number of aromatic nitrogens is 1. The molecule has 0 aliphatic carbocycles. The van der Waals surface area contributed by atoms with Gasteiger partial charge >= 0.3 is 0 Å². The van der Waals surface area contributed by atoms with Crippen molar-refractivity contribution in [3.63, 3.8) is 0 Å². The van der Waals surface area contributed by atoms with Gasteiger partial charge in [-0.2, -0.15) is 0 Å². The molecule has 196 valence electrons. The van der Waals surface area contributed by atoms with E-state index in [1.165, 1.54) is 53.9 Å². The predicted octanol–water partition coefficient (Wildman–Crippen LogP) is 7.84. The molecule has 1 amide bonds. The van der Waals surface area contributed by atoms with Crippen LogP contribution in [0.1, 0.15) is 67.3 Å². The van der Waals surface area contributed by atoms with E-state index in [0.29, 0.717) is 12.2 Å². The second kappa shape index (κ2) is 11.0. The van der Waals surface area contributed by atoms with Crippen molar-refractivity contribution < 1.29 is 9.53 Å². The molecule has 0 radical (unpaired) electrons. The molecular formula is C33H37N3O2. The largest absolute Gasteiger partial charge is 0.493 e. The lowest BCUT2D eigenvalue weighted by molar-refractivity contribution is 0.0774. The maximum Gasteiger partial charge on any atom is 0.256 e. The van der Waals surface area contributed by atoms with E-state index in [-0.39, 0.29) is 11.9 Å². The van der Waals surface area contributed by atoms with E-state index in [1.807, 2.05) is 30.2 Å². The minimum absolute atomic E-state index is 0.104. The van der Waals surface area contributed by atoms with Crippen LogP contribution >= 0.6 is 0 Å². The molecule has 5 heteroatoms. The van der Waals surface area contributed by atoms with Crippen molar-refractivity contribution in [2.45, 2.75) is 70.9 Å². The third kappa shape index (κ3) is 4.82. The Balaban J connectivity index is 0.947. The van der Waals surface area contributed by atoms with Gasteiger partial charge in [-0.05, 0) is 56.4 Å². The van der Waals surface area contributed by atoms with Gasteiger partial charge in [0.15, 0.2) is 0 Å². The van der Waals surface area contributed by atoms with Gasteiger partial charge in [0.2, 0.25) is 0 Å². The number of para-hydroxylation sites is 2. The number of aliphatic imine (C=N–C) groups is 1. The summed E-state index contributed by atoms with van der Waals surface area (Å²) in [6.45, 7) is 4.62. The van der Waals surface area contributed by atoms with E-state index in [0.717, 1.165) is 49.4 Å². The molecule has 3 aromatic carbocycles. The number of benzene rings is 3. The number of carbonyl (C=O) groups is 1. The summed E-state index contributed by atoms with van der Waals surface area (Å²) in [6.07, 6.45) is 11.1. The average Bonchev–Trinajstić information content (AvgIpc) is 3.51. The van der Waals surface area contributed by atoms with Crippen LogP contribution in [0.4, 0.5) is 5.69 Å². The van der Waals surface area contributed by atoms with Crippen LogP contribution in [0.3, 0.4) is 0 Å². The summed E-state index contributed by atoms with van der Waals surface area (Å²) in [5.41, 5.74) is 5.14. The monoisotopic (exact) mass is 507 g/mol. The molecule has 1 saturated heterocycles. The molecule has 6 rings (SSSR count). The predicted molar refractivity (Wildman–Crippen MR) is 156 cm³/mol. The first-order valence-electron chi connectivity index (χ1n) is 14.3. The van der Waals surface area contributed by atoms with Crippen molar-refractivity contribution in [3.8, 4) is 5.75 Å². The lowest BCUT2D eigenvalue weighted by Crippen LogP contribution is -2.35. The number of rotatable bonds is 10. The van der Waals surface area contributed by atoms with Crippen LogP contribution in [0.2, 0.25) is 0 Å². The Morgan fingerprint density at radius 2 is 1.58 bits per heavy atom. The van der Waals surface area contributed by atoms with Gasteiger partial charge in [0.05, 0.1) is 23.9 Å². The number of ether oxygens (including phenoxy) is 1. The Labute approximate surface area is 225 Å². The highest BCUT2D eigenvalue weighted by molar-refractivity contribution is 6.08. The normalized spacial score (nSPS) is 16.7. The smallest absolute Gasteiger partial charge is 0.256 e. The minimum atomic E-state index is 0.104. The fraction of sp³-hybridized carbons (Fsp3) is 0.394. The molecular weight excluding hydrogens is 470 g/mol. The quantitative estimate of drug-likeness (QED) is 0.205. The number of fused-ring (bicyclic) bond motifs is 5. The van der Waals surface area contributed by atoms with E-state index in [2.05, 4.69) is 58.1 Å². The first-order valence-corrected chi connectivity index (χ1v) is 14.3. The lowest BCUT2D eigenvalue weighted by Gasteiger charge is -2.20. The first kappa shape index (κ1) is 24.7. The van der Waals surface area contributed by atoms with Crippen LogP contribution in [0.5, 0.6) is 5.75 Å². The summed E-state index contributed by atoms with van der Waals surface area (Å²) < 4.78 is 8.62. The number of carbonyl (C=O) groups excluding carboxylic acids is 1. The highest BCUT2D eigenvalue weighted by Gasteiger charge is 2.32. The van der Waals surface area contributed by atoms with Crippen LogP contribution in [0, 0.1) is 6.92 Å². The van der Waals surface area contributed by atoms with E-state index >= 15 is 0 Å². The molecule has 4 aromatic rings. The highest BCUT2D eigenvalue weighted by atomic mass is 16.5. The summed E-state index contributed by atoms with van der Waals surface area (Å²) in [6, 6.07) is 21.6. The van der Waals surface area contributed by atoms with Crippen LogP contribution in [0.25, 0.3) is 21.8 Å². The third-order valence-corrected chi connectivity index (χ3v) is 8.18. The fourth-order valence-electron chi connectivity index (χ4n) is 6.14. The van der Waals surface area contributed by atoms with Crippen molar-refractivity contribution in [1.82, 2.24) is 9.47 Å². The van der Waals surface area contributed by atoms with Gasteiger partial charge in [0, 0.05) is 47.2 Å². The molecule has 1 aromatic heterocycles. The highest BCUT2D eigenvalue weighted by Crippen LogP contribution is 2.34. The zero-order valence-electron chi connectivity index (χ0n) is 22.4. The van der Waals surface area contributed by atoms with E-state index in [4.69, 9.17) is 4.74 Å². The summed E-state index contributed by atoms with van der Waals surface area (Å²) in [4.78, 5) is 19.6. The number of amides is 1. The molecule has 2 aliphatic heterocycles. The van der Waals surface area contributed by atoms with Crippen molar-refractivity contribution in [2.75, 3.05) is 13.2 Å². The van der Waals surface area contributed by atoms with Crippen LogP contribution in [-0.4, -0.2) is 40.8 Å². The van der Waals surface area contributed by atoms with Crippen molar-refractivity contribution in [1.29, 1.82) is 0 Å². The van der Waals surface area contributed by atoms with Crippen LogP contribution in [0.15, 0.2) is 65.7 Å². The van der Waals surface area contributed by atoms with Gasteiger partial charge in [-0.3, -0.25) is 9.79 Å². The van der Waals surface area contributed by atoms with Gasteiger partial charge in [0.25, 0.3) is 5.91 Å². The second-order valence-electron chi connectivity index (χ2n) is 10.8. The van der Waals surface area contributed by atoms with Gasteiger partial charge in [-0.15, -0.1) is 0 Å². The van der Waals surface area contributed by atoms with E-state index in [9.17, 15) is 4.79 Å². The van der Waals surface area contributed by atoms with Crippen molar-refractivity contribution in [3.05, 3.63) is 71.8 Å². The van der Waals surface area contributed by atoms with Crippen LogP contribution in [-0.2, 0) is 6.54 Å². The Kier molecular flexibility index (Phi) is 7.17. The maximum atomic E-state index is 13.0. The number of hydrogen-bond acceptors (Lipinski definition) is 3. The molecule has 0 bridgehead atoms. The number of hydrogen-bond donors (Lipinski definition) is 0. The molecule has 0 unspecified atom stereocenters. The average molecular weight is 508 g/mol. The number of nitrogens with zero attached hydrogens (tertiary/aromatic N) is 3. The van der Waals surface area contributed by atoms with Crippen molar-refractivity contribution >= 4 is 39.6 Å². The third-order valence-electron chi connectivity index (χ3n) is 8.18. The van der Waals surface area contributed by atoms with E-state index < -0.39 is 0 Å². The first-order chi connectivity index (χ1) is 18.7. The summed E-state index contributed by atoms with van der Waals surface area (Å²) in [5.74, 6) is 0.953. The molecule has 5 nitrogen and oxygen atoms in total. The van der Waals surface area contributed by atoms with Gasteiger partial charge < -0.3 is 14.2 Å². The second-order valence-corrected chi connectivity index (χ2v) is 10.8. The molecule has 38 heavy (non-hydrogen) atoms. The molecule has 0 N–H and O–H groups in total. The topological polar surface area (TPSA) is 46.8 Å². The number of aryl methyl sites for hydroxylation is 2. The Bertz CT molecular complexity index is 1430. The zero-order chi connectivity index (χ0) is 25.9. The van der Waals surface area contributed by atoms with Crippen molar-refractivity contribution in [2.24, 2.45) is 4.99 Å². The van der Waals surface area contributed by atoms with Gasteiger partial charge in [0.1, 0.15) is 5.75 Å². The summed E-state index contributed by atoms with van der Waals surface area (Å²) in [5, 5.41) is 2.71. The zero-order valence-corrected chi connectivity index (χ0v) is 22.4. The molecule has 2 aliphatic rings. The Hall–Kier alpha value is -3.60. The minimum Gasteiger partial charge on any atom is -0.493 e. The standard InChI is InChI=1S/C33H37N3O2/c1-24-21-28-29(34-23-25-13-12-19-35(25)33(28)37)22-32(24)38-20-11-5-3-2-4-10-18-36-30-16-8-6-14-26(30)27-15-7-9-17-31(27)36/h6-9,14-17,21-23,25H,2-5,10-13,18-20H2,1H3/t25-/m0/s1. The van der Waals surface area contributed by atoms with Crippen LogP contribution < -0.4 is 4.74 Å².